The second-order valence-corrected chi connectivity index (χ2v) is 6.48. The normalized spacial score (nSPS) is 22.9. The highest BCUT2D eigenvalue weighted by molar-refractivity contribution is 5.91. The Morgan fingerprint density at radius 2 is 2.21 bits per heavy atom. The number of hydrogen-bond donors (Lipinski definition) is 1. The topological polar surface area (TPSA) is 84.7 Å². The van der Waals surface area contributed by atoms with E-state index in [0.717, 1.165) is 39.1 Å². The summed E-state index contributed by atoms with van der Waals surface area (Å²) in [4.78, 5) is 23.0. The third-order valence-electron chi connectivity index (χ3n) is 4.73. The van der Waals surface area contributed by atoms with Gasteiger partial charge in [0.25, 0.3) is 11.7 Å². The predicted octanol–water partition coefficient (Wildman–Crippen LogP) is 0.497. The lowest BCUT2D eigenvalue weighted by Gasteiger charge is -2.33. The van der Waals surface area contributed by atoms with E-state index in [9.17, 15) is 4.79 Å². The van der Waals surface area contributed by atoms with Crippen molar-refractivity contribution in [2.75, 3.05) is 26.2 Å². The molecule has 4 heterocycles. The molecule has 0 bridgehead atoms. The zero-order chi connectivity index (χ0) is 16.4. The predicted molar refractivity (Wildman–Crippen MR) is 86.7 cm³/mol. The van der Waals surface area contributed by atoms with Crippen molar-refractivity contribution in [3.05, 3.63) is 24.3 Å². The fourth-order valence-electron chi connectivity index (χ4n) is 3.42. The summed E-state index contributed by atoms with van der Waals surface area (Å²) in [7, 11) is 0. The van der Waals surface area contributed by atoms with Gasteiger partial charge in [0, 0.05) is 44.7 Å². The van der Waals surface area contributed by atoms with Crippen molar-refractivity contribution in [3.8, 4) is 0 Å². The molecular weight excluding hydrogens is 308 g/mol. The van der Waals surface area contributed by atoms with Gasteiger partial charge in [-0.2, -0.15) is 4.98 Å². The second kappa shape index (κ2) is 6.82. The second-order valence-electron chi connectivity index (χ2n) is 6.48. The fourth-order valence-corrected chi connectivity index (χ4v) is 3.42. The molecule has 1 atom stereocenters. The van der Waals surface area contributed by atoms with Crippen molar-refractivity contribution >= 4 is 11.7 Å². The Hall–Kier alpha value is -2.06. The Balaban J connectivity index is 1.29. The molecular formula is C16H22N6O2. The number of nitrogens with zero attached hydrogens (tertiary/aromatic N) is 5. The molecule has 8 nitrogen and oxygen atoms in total. The minimum Gasteiger partial charge on any atom is -0.377 e. The number of likely N-dealkylation sites (tertiary alicyclic amines) is 1. The van der Waals surface area contributed by atoms with Gasteiger partial charge in [-0.25, -0.2) is 9.50 Å². The maximum absolute atomic E-state index is 12.3. The number of carbonyl (C=O) groups excluding carboxylic acids is 1. The van der Waals surface area contributed by atoms with Gasteiger partial charge in [-0.05, 0) is 31.7 Å². The molecule has 2 fully saturated rings. The van der Waals surface area contributed by atoms with E-state index in [0.29, 0.717) is 11.9 Å². The Morgan fingerprint density at radius 1 is 1.33 bits per heavy atom. The molecule has 2 aliphatic rings. The van der Waals surface area contributed by atoms with E-state index in [1.807, 2.05) is 0 Å². The van der Waals surface area contributed by atoms with Gasteiger partial charge in [-0.1, -0.05) is 0 Å². The highest BCUT2D eigenvalue weighted by atomic mass is 16.5. The molecule has 0 aromatic carbocycles. The van der Waals surface area contributed by atoms with E-state index in [1.54, 1.807) is 18.5 Å². The van der Waals surface area contributed by atoms with Crippen molar-refractivity contribution in [1.82, 2.24) is 29.8 Å². The molecule has 0 aliphatic carbocycles. The van der Waals surface area contributed by atoms with E-state index in [-0.39, 0.29) is 17.8 Å². The summed E-state index contributed by atoms with van der Waals surface area (Å²) < 4.78 is 7.21. The summed E-state index contributed by atoms with van der Waals surface area (Å²) in [5, 5.41) is 7.21. The molecule has 8 heteroatoms. The molecule has 128 valence electrons. The quantitative estimate of drug-likeness (QED) is 0.879. The Bertz CT molecular complexity index is 670. The van der Waals surface area contributed by atoms with Crippen LogP contribution in [-0.4, -0.2) is 68.8 Å². The van der Waals surface area contributed by atoms with Crippen LogP contribution in [0.25, 0.3) is 5.78 Å². The summed E-state index contributed by atoms with van der Waals surface area (Å²) in [6.07, 6.45) is 8.01. The summed E-state index contributed by atoms with van der Waals surface area (Å²) in [5.41, 5.74) is 0. The summed E-state index contributed by atoms with van der Waals surface area (Å²) in [6.45, 7) is 3.90. The van der Waals surface area contributed by atoms with E-state index in [2.05, 4.69) is 25.3 Å². The van der Waals surface area contributed by atoms with Gasteiger partial charge in [0.2, 0.25) is 5.82 Å². The van der Waals surface area contributed by atoms with Crippen LogP contribution in [-0.2, 0) is 4.74 Å². The zero-order valence-corrected chi connectivity index (χ0v) is 13.6. The number of aromatic nitrogens is 4. The SMILES string of the molecule is O=C(NC1CCN(C[C@H]2CCCO2)CC1)c1nc2ncccn2n1. The molecule has 4 rings (SSSR count). The first kappa shape index (κ1) is 15.5. The van der Waals surface area contributed by atoms with Gasteiger partial charge in [0.05, 0.1) is 6.10 Å². The lowest BCUT2D eigenvalue weighted by Crippen LogP contribution is -2.46. The lowest BCUT2D eigenvalue weighted by atomic mass is 10.0. The number of piperidine rings is 1. The molecule has 1 amide bonds. The van der Waals surface area contributed by atoms with E-state index < -0.39 is 0 Å². The highest BCUT2D eigenvalue weighted by Gasteiger charge is 2.25. The number of hydrogen-bond acceptors (Lipinski definition) is 6. The third kappa shape index (κ3) is 3.39. The van der Waals surface area contributed by atoms with Gasteiger partial charge < -0.3 is 15.0 Å². The Morgan fingerprint density at radius 3 is 2.96 bits per heavy atom. The maximum atomic E-state index is 12.3. The van der Waals surface area contributed by atoms with Crippen LogP contribution in [0.3, 0.4) is 0 Å². The number of ether oxygens (including phenoxy) is 1. The van der Waals surface area contributed by atoms with Crippen molar-refractivity contribution < 1.29 is 9.53 Å². The van der Waals surface area contributed by atoms with Crippen molar-refractivity contribution in [2.45, 2.75) is 37.8 Å². The molecule has 24 heavy (non-hydrogen) atoms. The number of rotatable bonds is 4. The van der Waals surface area contributed by atoms with Gasteiger partial charge in [-0.3, -0.25) is 4.79 Å². The van der Waals surface area contributed by atoms with Gasteiger partial charge in [0.1, 0.15) is 0 Å². The molecule has 0 saturated carbocycles. The number of amides is 1. The first-order valence-electron chi connectivity index (χ1n) is 8.60. The minimum atomic E-state index is -0.224. The van der Waals surface area contributed by atoms with E-state index in [4.69, 9.17) is 4.74 Å². The van der Waals surface area contributed by atoms with Crippen LogP contribution in [0, 0.1) is 0 Å². The number of fused-ring (bicyclic) bond motifs is 1. The molecule has 0 spiro atoms. The molecule has 0 radical (unpaired) electrons. The van der Waals surface area contributed by atoms with Crippen LogP contribution in [0.15, 0.2) is 18.5 Å². The summed E-state index contributed by atoms with van der Waals surface area (Å²) in [5.74, 6) is 0.391. The summed E-state index contributed by atoms with van der Waals surface area (Å²) >= 11 is 0. The molecule has 1 N–H and O–H groups in total. The molecule has 2 aliphatic heterocycles. The highest BCUT2D eigenvalue weighted by Crippen LogP contribution is 2.17. The van der Waals surface area contributed by atoms with Crippen LogP contribution < -0.4 is 5.32 Å². The maximum Gasteiger partial charge on any atom is 0.291 e. The van der Waals surface area contributed by atoms with E-state index >= 15 is 0 Å². The van der Waals surface area contributed by atoms with Crippen LogP contribution in [0.4, 0.5) is 0 Å². The largest absolute Gasteiger partial charge is 0.377 e. The lowest BCUT2D eigenvalue weighted by molar-refractivity contribution is 0.0612. The van der Waals surface area contributed by atoms with Gasteiger partial charge in [-0.15, -0.1) is 5.10 Å². The van der Waals surface area contributed by atoms with Crippen molar-refractivity contribution in [1.29, 1.82) is 0 Å². The average Bonchev–Trinajstić information content (AvgIpc) is 3.25. The molecule has 2 aromatic heterocycles. The fraction of sp³-hybridized carbons (Fsp3) is 0.625. The van der Waals surface area contributed by atoms with Gasteiger partial charge >= 0.3 is 0 Å². The zero-order valence-electron chi connectivity index (χ0n) is 13.6. The smallest absolute Gasteiger partial charge is 0.291 e. The first-order chi connectivity index (χ1) is 11.8. The van der Waals surface area contributed by atoms with E-state index in [1.165, 1.54) is 17.4 Å². The van der Waals surface area contributed by atoms with Crippen LogP contribution >= 0.6 is 0 Å². The van der Waals surface area contributed by atoms with Crippen LogP contribution in [0.2, 0.25) is 0 Å². The molecule has 2 saturated heterocycles. The first-order valence-corrected chi connectivity index (χ1v) is 8.60. The number of carbonyl (C=O) groups is 1. The monoisotopic (exact) mass is 330 g/mol. The van der Waals surface area contributed by atoms with Crippen LogP contribution in [0.1, 0.15) is 36.3 Å². The minimum absolute atomic E-state index is 0.176. The molecule has 2 aromatic rings. The van der Waals surface area contributed by atoms with Crippen molar-refractivity contribution in [2.24, 2.45) is 0 Å². The third-order valence-corrected chi connectivity index (χ3v) is 4.73. The Kier molecular flexibility index (Phi) is 4.40. The van der Waals surface area contributed by atoms with Crippen molar-refractivity contribution in [3.63, 3.8) is 0 Å². The van der Waals surface area contributed by atoms with Gasteiger partial charge in [0.15, 0.2) is 0 Å². The number of nitrogens with one attached hydrogen (secondary N) is 1. The average molecular weight is 330 g/mol. The Labute approximate surface area is 140 Å². The molecule has 0 unspecified atom stereocenters. The standard InChI is InChI=1S/C16H22N6O2/c23-15(14-19-16-17-6-2-7-22(16)20-14)18-12-4-8-21(9-5-12)11-13-3-1-10-24-13/h2,6-7,12-13H,1,3-5,8-11H2,(H,18,23)/t13-/m1/s1. The summed E-state index contributed by atoms with van der Waals surface area (Å²) in [6, 6.07) is 1.94. The van der Waals surface area contributed by atoms with Crippen LogP contribution in [0.5, 0.6) is 0 Å².